The summed E-state index contributed by atoms with van der Waals surface area (Å²) in [5.74, 6) is -6.61. The van der Waals surface area contributed by atoms with Crippen LogP contribution in [-0.4, -0.2) is 88.6 Å². The van der Waals surface area contributed by atoms with Crippen molar-refractivity contribution in [1.82, 2.24) is 9.88 Å². The molecule has 3 aliphatic carbocycles. The quantitative estimate of drug-likeness (QED) is 0.420. The third kappa shape index (κ3) is 3.38. The predicted octanol–water partition coefficient (Wildman–Crippen LogP) is 0.301. The van der Waals surface area contributed by atoms with E-state index in [1.165, 1.54) is 12.5 Å². The second-order valence-corrected chi connectivity index (χ2v) is 10.5. The molecule has 0 aliphatic heterocycles. The lowest BCUT2D eigenvalue weighted by Crippen LogP contribution is -2.71. The summed E-state index contributed by atoms with van der Waals surface area (Å²) in [5, 5.41) is 34.3. The van der Waals surface area contributed by atoms with E-state index >= 15 is 0 Å². The van der Waals surface area contributed by atoms with Crippen LogP contribution in [0.3, 0.4) is 0 Å². The van der Waals surface area contributed by atoms with Crippen molar-refractivity contribution in [1.29, 1.82) is 0 Å². The average molecular weight is 511 g/mol. The number of rotatable bonds is 4. The van der Waals surface area contributed by atoms with Gasteiger partial charge in [-0.25, -0.2) is 4.98 Å². The number of aliphatic hydroxyl groups excluding tert-OH is 2. The number of nitrogens with zero attached hydrogens (tertiary/aromatic N) is 3. The highest BCUT2D eigenvalue weighted by Gasteiger charge is 2.66. The Morgan fingerprint density at radius 1 is 1.22 bits per heavy atom. The normalized spacial score (nSPS) is 31.2. The first-order chi connectivity index (χ1) is 17.4. The van der Waals surface area contributed by atoms with Gasteiger partial charge in [0.25, 0.3) is 0 Å². The van der Waals surface area contributed by atoms with Gasteiger partial charge < -0.3 is 35.3 Å². The number of primary amides is 1. The highest BCUT2D eigenvalue weighted by atomic mass is 16.4. The number of hydrogen-bond acceptors (Lipinski definition) is 10. The van der Waals surface area contributed by atoms with Gasteiger partial charge >= 0.3 is 0 Å². The zero-order valence-electron chi connectivity index (χ0n) is 21.0. The molecule has 1 amide bonds. The molecule has 11 nitrogen and oxygen atoms in total. The number of oxazole rings is 1. The van der Waals surface area contributed by atoms with Crippen LogP contribution in [0.5, 0.6) is 0 Å². The van der Waals surface area contributed by atoms with E-state index < -0.39 is 58.7 Å². The fourth-order valence-electron chi connectivity index (χ4n) is 6.56. The summed E-state index contributed by atoms with van der Waals surface area (Å²) in [7, 11) is 7.00. The number of aromatic nitrogens is 1. The number of anilines is 1. The molecule has 2 unspecified atom stereocenters. The lowest BCUT2D eigenvalue weighted by Gasteiger charge is -2.53. The summed E-state index contributed by atoms with van der Waals surface area (Å²) < 4.78 is 5.47. The van der Waals surface area contributed by atoms with Crippen LogP contribution in [0.25, 0.3) is 11.5 Å². The van der Waals surface area contributed by atoms with Crippen LogP contribution >= 0.6 is 0 Å². The number of fused-ring (bicyclic) bond motifs is 3. The molecule has 0 bridgehead atoms. The first-order valence-electron chi connectivity index (χ1n) is 12.0. The summed E-state index contributed by atoms with van der Waals surface area (Å²) in [4.78, 5) is 47.4. The molecule has 11 heteroatoms. The molecular formula is C26H30N4O7. The van der Waals surface area contributed by atoms with Crippen molar-refractivity contribution in [3.63, 3.8) is 0 Å². The van der Waals surface area contributed by atoms with Crippen molar-refractivity contribution >= 4 is 23.2 Å². The monoisotopic (exact) mass is 510 g/mol. The van der Waals surface area contributed by atoms with Crippen molar-refractivity contribution in [2.45, 2.75) is 30.6 Å². The van der Waals surface area contributed by atoms with Gasteiger partial charge in [0.05, 0.1) is 12.3 Å². The molecule has 0 spiro atoms. The van der Waals surface area contributed by atoms with Crippen molar-refractivity contribution in [3.05, 3.63) is 47.1 Å². The minimum atomic E-state index is -2.56. The SMILES string of the molecule is CN(C)c1ccc(-c2ncco2)c2c1C[C@H]1C[C@H]3[C@H](N(C)C)C(O)C(C(N)=O)C(=O)[C@@]3(O)C(O)=C1C2=O. The summed E-state index contributed by atoms with van der Waals surface area (Å²) in [5.41, 5.74) is 5.03. The van der Waals surface area contributed by atoms with Gasteiger partial charge in [0.1, 0.15) is 17.9 Å². The summed E-state index contributed by atoms with van der Waals surface area (Å²) >= 11 is 0. The van der Waals surface area contributed by atoms with Crippen molar-refractivity contribution in [3.8, 4) is 11.5 Å². The van der Waals surface area contributed by atoms with Crippen LogP contribution in [0.1, 0.15) is 22.3 Å². The lowest BCUT2D eigenvalue weighted by molar-refractivity contribution is -0.178. The van der Waals surface area contributed by atoms with Crippen LogP contribution in [0, 0.1) is 17.8 Å². The lowest BCUT2D eigenvalue weighted by atomic mass is 9.55. The maximum Gasteiger partial charge on any atom is 0.230 e. The molecule has 1 heterocycles. The van der Waals surface area contributed by atoms with Gasteiger partial charge in [-0.05, 0) is 50.6 Å². The molecule has 6 atom stereocenters. The number of aliphatic hydroxyl groups is 3. The van der Waals surface area contributed by atoms with E-state index in [9.17, 15) is 29.7 Å². The summed E-state index contributed by atoms with van der Waals surface area (Å²) in [6, 6.07) is 2.70. The minimum Gasteiger partial charge on any atom is -0.508 e. The maximum atomic E-state index is 14.1. The first-order valence-corrected chi connectivity index (χ1v) is 12.0. The number of carbonyl (C=O) groups is 3. The van der Waals surface area contributed by atoms with Gasteiger partial charge in [0, 0.05) is 48.4 Å². The molecule has 1 saturated carbocycles. The third-order valence-corrected chi connectivity index (χ3v) is 8.12. The number of benzene rings is 1. The van der Waals surface area contributed by atoms with E-state index in [1.807, 2.05) is 25.1 Å². The molecule has 5 rings (SSSR count). The number of Topliss-reactive ketones (excluding diaryl/α,β-unsaturated/α-hetero) is 2. The van der Waals surface area contributed by atoms with E-state index in [0.29, 0.717) is 12.0 Å². The molecule has 2 aromatic rings. The number of allylic oxidation sites excluding steroid dienone is 1. The smallest absolute Gasteiger partial charge is 0.230 e. The zero-order valence-corrected chi connectivity index (χ0v) is 21.0. The second-order valence-electron chi connectivity index (χ2n) is 10.5. The van der Waals surface area contributed by atoms with Crippen LogP contribution in [-0.2, 0) is 16.0 Å². The average Bonchev–Trinajstić information content (AvgIpc) is 3.35. The van der Waals surface area contributed by atoms with Crippen LogP contribution < -0.4 is 10.6 Å². The van der Waals surface area contributed by atoms with E-state index in [2.05, 4.69) is 4.98 Å². The molecule has 196 valence electrons. The first kappa shape index (κ1) is 25.1. The summed E-state index contributed by atoms with van der Waals surface area (Å²) in [6.07, 6.45) is 1.81. The van der Waals surface area contributed by atoms with Gasteiger partial charge in [-0.2, -0.15) is 0 Å². The molecule has 1 aromatic carbocycles. The Balaban J connectivity index is 1.75. The van der Waals surface area contributed by atoms with Gasteiger partial charge in [-0.15, -0.1) is 0 Å². The third-order valence-electron chi connectivity index (χ3n) is 8.12. The maximum absolute atomic E-state index is 14.1. The molecule has 37 heavy (non-hydrogen) atoms. The van der Waals surface area contributed by atoms with Crippen LogP contribution in [0.2, 0.25) is 0 Å². The standard InChI is InChI=1S/C26H30N4O7/c1-29(2)15-6-5-12(25-28-7-8-37-25)17-13(15)9-11-10-14-19(30(3)4)21(32)18(24(27)35)23(34)26(14,36)22(33)16(11)20(17)31/h5-8,11,14,18-19,21,32-33,36H,9-10H2,1-4H3,(H2,27,35)/t11-,14-,18?,19-,21?,26-/m0/s1. The largest absolute Gasteiger partial charge is 0.508 e. The highest BCUT2D eigenvalue weighted by molar-refractivity contribution is 6.17. The highest BCUT2D eigenvalue weighted by Crippen LogP contribution is 2.53. The molecule has 5 N–H and O–H groups in total. The van der Waals surface area contributed by atoms with Crippen molar-refractivity contribution < 1.29 is 34.1 Å². The van der Waals surface area contributed by atoms with Gasteiger partial charge in [0.15, 0.2) is 17.2 Å². The number of likely N-dealkylation sites (N-methyl/N-ethyl adjacent to an activating group) is 1. The van der Waals surface area contributed by atoms with Gasteiger partial charge in [-0.1, -0.05) is 0 Å². The van der Waals surface area contributed by atoms with E-state index in [4.69, 9.17) is 10.2 Å². The van der Waals surface area contributed by atoms with Gasteiger partial charge in [0.2, 0.25) is 11.8 Å². The fourth-order valence-corrected chi connectivity index (χ4v) is 6.56. The van der Waals surface area contributed by atoms with Gasteiger partial charge in [-0.3, -0.25) is 14.4 Å². The fraction of sp³-hybridized carbons (Fsp3) is 0.462. The molecule has 0 saturated heterocycles. The Bertz CT molecular complexity index is 1330. The van der Waals surface area contributed by atoms with Crippen LogP contribution in [0.15, 0.2) is 40.3 Å². The van der Waals surface area contributed by atoms with Crippen LogP contribution in [0.4, 0.5) is 5.69 Å². The molecule has 1 aromatic heterocycles. The van der Waals surface area contributed by atoms with E-state index in [0.717, 1.165) is 11.3 Å². The van der Waals surface area contributed by atoms with E-state index in [-0.39, 0.29) is 23.4 Å². The second kappa shape index (κ2) is 8.51. The Morgan fingerprint density at radius 3 is 2.49 bits per heavy atom. The van der Waals surface area contributed by atoms with Crippen molar-refractivity contribution in [2.24, 2.45) is 23.5 Å². The minimum absolute atomic E-state index is 0.0829. The molecule has 0 radical (unpaired) electrons. The number of nitrogens with two attached hydrogens (primary N) is 1. The Hall–Kier alpha value is -3.54. The van der Waals surface area contributed by atoms with E-state index in [1.54, 1.807) is 25.1 Å². The number of carbonyl (C=O) groups excluding carboxylic acids is 3. The molecular weight excluding hydrogens is 480 g/mol. The predicted molar refractivity (Wildman–Crippen MR) is 132 cm³/mol. The number of hydrogen-bond donors (Lipinski definition) is 4. The number of amides is 1. The van der Waals surface area contributed by atoms with Crippen molar-refractivity contribution in [2.75, 3.05) is 33.1 Å². The molecule has 3 aliphatic rings. The number of ketones is 2. The molecule has 1 fully saturated rings. The Labute approximate surface area is 213 Å². The summed E-state index contributed by atoms with van der Waals surface area (Å²) in [6.45, 7) is 0. The topological polar surface area (TPSA) is 170 Å². The Kier molecular flexibility index (Phi) is 5.78. The Morgan fingerprint density at radius 2 is 1.92 bits per heavy atom. The zero-order chi connectivity index (χ0) is 27.0.